The molecule has 0 amide bonds. The number of nitrogens with zero attached hydrogens (tertiary/aromatic N) is 2. The highest BCUT2D eigenvalue weighted by Crippen LogP contribution is 2.21. The summed E-state index contributed by atoms with van der Waals surface area (Å²) < 4.78 is 5.71. The highest BCUT2D eigenvalue weighted by Gasteiger charge is 2.20. The summed E-state index contributed by atoms with van der Waals surface area (Å²) in [7, 11) is 0. The Morgan fingerprint density at radius 1 is 1.07 bits per heavy atom. The molecule has 4 nitrogen and oxygen atoms in total. The van der Waals surface area contributed by atoms with Gasteiger partial charge in [-0.3, -0.25) is 4.90 Å². The number of aryl methyl sites for hydroxylation is 1. The Morgan fingerprint density at radius 2 is 1.78 bits per heavy atom. The van der Waals surface area contributed by atoms with Gasteiger partial charge in [0.2, 0.25) is 0 Å². The standard InChI is InChI=1S/C21H27ClN2O2.ClH/c1-2-17-6-8-21(9-7-17)26-16-20(25)15-23-10-12-24(13-11-23)19-5-3-4-18(22)14-19;/h3-9,14,20,25H,2,10-13,15-16H2,1H3;1H. The lowest BCUT2D eigenvalue weighted by Gasteiger charge is -2.36. The molecule has 0 aromatic heterocycles. The summed E-state index contributed by atoms with van der Waals surface area (Å²) in [5.41, 5.74) is 2.45. The molecule has 1 atom stereocenters. The highest BCUT2D eigenvalue weighted by molar-refractivity contribution is 6.30. The molecule has 1 aliphatic rings. The molecule has 1 unspecified atom stereocenters. The molecule has 0 bridgehead atoms. The van der Waals surface area contributed by atoms with E-state index in [1.807, 2.05) is 30.3 Å². The van der Waals surface area contributed by atoms with E-state index in [9.17, 15) is 5.11 Å². The van der Waals surface area contributed by atoms with Gasteiger partial charge in [-0.25, -0.2) is 0 Å². The molecule has 2 aromatic carbocycles. The Morgan fingerprint density at radius 3 is 2.41 bits per heavy atom. The van der Waals surface area contributed by atoms with Gasteiger partial charge in [0.1, 0.15) is 18.5 Å². The smallest absolute Gasteiger partial charge is 0.119 e. The third-order valence-corrected chi connectivity index (χ3v) is 5.02. The van der Waals surface area contributed by atoms with Crippen LogP contribution in [-0.4, -0.2) is 55.4 Å². The predicted molar refractivity (Wildman–Crippen MR) is 115 cm³/mol. The van der Waals surface area contributed by atoms with Gasteiger partial charge in [0.25, 0.3) is 0 Å². The van der Waals surface area contributed by atoms with Crippen molar-refractivity contribution in [1.82, 2.24) is 4.90 Å². The summed E-state index contributed by atoms with van der Waals surface area (Å²) >= 11 is 6.08. The molecule has 27 heavy (non-hydrogen) atoms. The van der Waals surface area contributed by atoms with E-state index < -0.39 is 6.10 Å². The van der Waals surface area contributed by atoms with E-state index in [2.05, 4.69) is 34.9 Å². The minimum Gasteiger partial charge on any atom is -0.491 e. The number of hydrogen-bond donors (Lipinski definition) is 1. The van der Waals surface area contributed by atoms with Crippen molar-refractivity contribution in [3.05, 3.63) is 59.1 Å². The lowest BCUT2D eigenvalue weighted by atomic mass is 10.2. The molecule has 1 N–H and O–H groups in total. The van der Waals surface area contributed by atoms with Crippen molar-refractivity contribution >= 4 is 29.7 Å². The molecular weight excluding hydrogens is 383 g/mol. The lowest BCUT2D eigenvalue weighted by Crippen LogP contribution is -2.49. The molecule has 148 valence electrons. The molecule has 0 saturated carbocycles. The van der Waals surface area contributed by atoms with Crippen LogP contribution in [0.1, 0.15) is 12.5 Å². The number of piperazine rings is 1. The Hall–Kier alpha value is -1.46. The van der Waals surface area contributed by atoms with E-state index in [1.54, 1.807) is 0 Å². The fraction of sp³-hybridized carbons (Fsp3) is 0.429. The third-order valence-electron chi connectivity index (χ3n) is 4.79. The number of halogens is 2. The number of aliphatic hydroxyl groups excluding tert-OH is 1. The van der Waals surface area contributed by atoms with Gasteiger partial charge in [0, 0.05) is 43.4 Å². The summed E-state index contributed by atoms with van der Waals surface area (Å²) in [4.78, 5) is 4.62. The van der Waals surface area contributed by atoms with Gasteiger partial charge in [-0.2, -0.15) is 0 Å². The maximum absolute atomic E-state index is 10.3. The number of aliphatic hydroxyl groups is 1. The van der Waals surface area contributed by atoms with Gasteiger partial charge in [-0.15, -0.1) is 12.4 Å². The zero-order valence-corrected chi connectivity index (χ0v) is 17.3. The molecule has 1 heterocycles. The molecule has 0 radical (unpaired) electrons. The Kier molecular flexibility index (Phi) is 8.71. The summed E-state index contributed by atoms with van der Waals surface area (Å²) in [6, 6.07) is 16.0. The minimum atomic E-state index is -0.487. The first kappa shape index (κ1) is 21.8. The number of anilines is 1. The van der Waals surface area contributed by atoms with Crippen LogP contribution in [0.15, 0.2) is 48.5 Å². The van der Waals surface area contributed by atoms with Gasteiger partial charge >= 0.3 is 0 Å². The third kappa shape index (κ3) is 6.58. The quantitative estimate of drug-likeness (QED) is 0.750. The average Bonchev–Trinajstić information content (AvgIpc) is 2.67. The predicted octanol–water partition coefficient (Wildman–Crippen LogP) is 3.89. The summed E-state index contributed by atoms with van der Waals surface area (Å²) in [5, 5.41) is 11.1. The van der Waals surface area contributed by atoms with Crippen LogP contribution in [0.5, 0.6) is 5.75 Å². The van der Waals surface area contributed by atoms with E-state index in [0.29, 0.717) is 13.2 Å². The van der Waals surface area contributed by atoms with Crippen LogP contribution in [-0.2, 0) is 6.42 Å². The van der Waals surface area contributed by atoms with Crippen LogP contribution in [0.2, 0.25) is 5.02 Å². The topological polar surface area (TPSA) is 35.9 Å². The van der Waals surface area contributed by atoms with E-state index >= 15 is 0 Å². The number of benzene rings is 2. The fourth-order valence-electron chi connectivity index (χ4n) is 3.23. The zero-order chi connectivity index (χ0) is 18.4. The first-order chi connectivity index (χ1) is 12.6. The maximum Gasteiger partial charge on any atom is 0.119 e. The fourth-order valence-corrected chi connectivity index (χ4v) is 3.41. The Bertz CT molecular complexity index is 689. The molecule has 3 rings (SSSR count). The summed E-state index contributed by atoms with van der Waals surface area (Å²) in [6.45, 7) is 6.81. The van der Waals surface area contributed by atoms with Crippen LogP contribution in [0, 0.1) is 0 Å². The average molecular weight is 411 g/mol. The zero-order valence-electron chi connectivity index (χ0n) is 15.7. The second-order valence-electron chi connectivity index (χ2n) is 6.73. The second-order valence-corrected chi connectivity index (χ2v) is 7.17. The second kappa shape index (κ2) is 10.8. The van der Waals surface area contributed by atoms with Gasteiger partial charge in [-0.1, -0.05) is 36.7 Å². The van der Waals surface area contributed by atoms with E-state index in [0.717, 1.165) is 49.1 Å². The maximum atomic E-state index is 10.3. The van der Waals surface area contributed by atoms with Crippen LogP contribution in [0.4, 0.5) is 5.69 Å². The molecular formula is C21H28Cl2N2O2. The van der Waals surface area contributed by atoms with Crippen LogP contribution in [0.25, 0.3) is 0 Å². The molecule has 0 aliphatic carbocycles. The van der Waals surface area contributed by atoms with Crippen LogP contribution >= 0.6 is 24.0 Å². The monoisotopic (exact) mass is 410 g/mol. The van der Waals surface area contributed by atoms with Crippen molar-refractivity contribution in [2.75, 3.05) is 44.2 Å². The molecule has 2 aromatic rings. The first-order valence-corrected chi connectivity index (χ1v) is 9.64. The molecule has 1 aliphatic heterocycles. The number of ether oxygens (including phenoxy) is 1. The molecule has 1 fully saturated rings. The minimum absolute atomic E-state index is 0. The highest BCUT2D eigenvalue weighted by atomic mass is 35.5. The van der Waals surface area contributed by atoms with Crippen molar-refractivity contribution in [3.63, 3.8) is 0 Å². The van der Waals surface area contributed by atoms with Crippen molar-refractivity contribution in [1.29, 1.82) is 0 Å². The molecule has 1 saturated heterocycles. The van der Waals surface area contributed by atoms with Crippen molar-refractivity contribution < 1.29 is 9.84 Å². The Balaban J connectivity index is 0.00000261. The van der Waals surface area contributed by atoms with Crippen LogP contribution in [0.3, 0.4) is 0 Å². The summed E-state index contributed by atoms with van der Waals surface area (Å²) in [5.74, 6) is 0.812. The van der Waals surface area contributed by atoms with Gasteiger partial charge in [-0.05, 0) is 42.3 Å². The van der Waals surface area contributed by atoms with E-state index in [4.69, 9.17) is 16.3 Å². The van der Waals surface area contributed by atoms with Gasteiger partial charge < -0.3 is 14.7 Å². The van der Waals surface area contributed by atoms with Crippen molar-refractivity contribution in [3.8, 4) is 5.75 Å². The number of rotatable bonds is 7. The number of β-amino-alcohol motifs (C(OH)–C–C–N with tert-alkyl or cyclic N) is 1. The van der Waals surface area contributed by atoms with Crippen molar-refractivity contribution in [2.45, 2.75) is 19.4 Å². The number of hydrogen-bond acceptors (Lipinski definition) is 4. The lowest BCUT2D eigenvalue weighted by molar-refractivity contribution is 0.0663. The summed E-state index contributed by atoms with van der Waals surface area (Å²) in [6.07, 6.45) is 0.530. The SMILES string of the molecule is CCc1ccc(OCC(O)CN2CCN(c3cccc(Cl)c3)CC2)cc1.Cl. The normalized spacial score (nSPS) is 15.9. The first-order valence-electron chi connectivity index (χ1n) is 9.26. The molecule has 6 heteroatoms. The van der Waals surface area contributed by atoms with E-state index in [1.165, 1.54) is 5.56 Å². The molecule has 0 spiro atoms. The van der Waals surface area contributed by atoms with E-state index in [-0.39, 0.29) is 12.4 Å². The Labute approximate surface area is 173 Å². The van der Waals surface area contributed by atoms with Gasteiger partial charge in [0.05, 0.1) is 0 Å². The van der Waals surface area contributed by atoms with Gasteiger partial charge in [0.15, 0.2) is 0 Å². The van der Waals surface area contributed by atoms with Crippen molar-refractivity contribution in [2.24, 2.45) is 0 Å². The van der Waals surface area contributed by atoms with Crippen LogP contribution < -0.4 is 9.64 Å². The largest absolute Gasteiger partial charge is 0.491 e.